The average Bonchev–Trinajstić information content (AvgIpc) is 2.77. The number of nitrogens with zero attached hydrogens (tertiary/aromatic N) is 2. The lowest BCUT2D eigenvalue weighted by molar-refractivity contribution is -0.120. The third-order valence-electron chi connectivity index (χ3n) is 4.72. The van der Waals surface area contributed by atoms with E-state index in [0.717, 1.165) is 47.4 Å². The summed E-state index contributed by atoms with van der Waals surface area (Å²) >= 11 is 1.72. The van der Waals surface area contributed by atoms with Crippen molar-refractivity contribution in [1.82, 2.24) is 16.0 Å². The zero-order valence-corrected chi connectivity index (χ0v) is 20.7. The summed E-state index contributed by atoms with van der Waals surface area (Å²) in [6, 6.07) is 14.8. The Balaban J connectivity index is 0.00000341. The van der Waals surface area contributed by atoms with Gasteiger partial charge in [0, 0.05) is 43.8 Å². The van der Waals surface area contributed by atoms with Crippen molar-refractivity contribution in [3.05, 3.63) is 59.9 Å². The van der Waals surface area contributed by atoms with Gasteiger partial charge in [0.05, 0.1) is 6.54 Å². The highest BCUT2D eigenvalue weighted by Crippen LogP contribution is 2.18. The smallest absolute Gasteiger partial charge is 0.239 e. The zero-order valence-electron chi connectivity index (χ0n) is 17.6. The number of thioether (sulfide) groups is 1. The van der Waals surface area contributed by atoms with Crippen molar-refractivity contribution in [3.63, 3.8) is 0 Å². The summed E-state index contributed by atoms with van der Waals surface area (Å²) < 4.78 is 12.9. The Labute approximate surface area is 204 Å². The fourth-order valence-corrected chi connectivity index (χ4v) is 3.94. The molecule has 2 aromatic carbocycles. The van der Waals surface area contributed by atoms with Crippen LogP contribution in [0.3, 0.4) is 0 Å². The Morgan fingerprint density at radius 1 is 1.16 bits per heavy atom. The first-order valence-electron chi connectivity index (χ1n) is 10.1. The van der Waals surface area contributed by atoms with E-state index < -0.39 is 0 Å². The number of benzene rings is 2. The number of halogens is 2. The number of anilines is 1. The van der Waals surface area contributed by atoms with Crippen LogP contribution in [0.25, 0.3) is 0 Å². The van der Waals surface area contributed by atoms with E-state index in [2.05, 4.69) is 50.1 Å². The third kappa shape index (κ3) is 8.56. The van der Waals surface area contributed by atoms with Crippen LogP contribution in [0.2, 0.25) is 0 Å². The van der Waals surface area contributed by atoms with Crippen molar-refractivity contribution in [2.75, 3.05) is 43.9 Å². The van der Waals surface area contributed by atoms with Crippen LogP contribution in [0.15, 0.2) is 58.4 Å². The maximum Gasteiger partial charge on any atom is 0.239 e. The number of hydrogen-bond donors (Lipinski definition) is 3. The van der Waals surface area contributed by atoms with Crippen molar-refractivity contribution in [2.24, 2.45) is 4.99 Å². The Kier molecular flexibility index (Phi) is 10.9. The van der Waals surface area contributed by atoms with Gasteiger partial charge in [-0.15, -0.1) is 35.7 Å². The zero-order chi connectivity index (χ0) is 21.2. The largest absolute Gasteiger partial charge is 0.360 e. The molecule has 0 radical (unpaired) electrons. The lowest BCUT2D eigenvalue weighted by atomic mass is 10.2. The number of aliphatic imine (C=N–C) groups is 1. The molecule has 1 fully saturated rings. The molecule has 3 N–H and O–H groups in total. The second-order valence-corrected chi connectivity index (χ2v) is 8.11. The molecule has 1 heterocycles. The van der Waals surface area contributed by atoms with Gasteiger partial charge in [0.1, 0.15) is 5.82 Å². The summed E-state index contributed by atoms with van der Waals surface area (Å²) in [5, 5.41) is 9.48. The molecule has 0 aliphatic carbocycles. The molecule has 1 aliphatic heterocycles. The van der Waals surface area contributed by atoms with E-state index in [9.17, 15) is 9.18 Å². The van der Waals surface area contributed by atoms with Crippen molar-refractivity contribution in [1.29, 1.82) is 0 Å². The molecule has 6 nitrogen and oxygen atoms in total. The van der Waals surface area contributed by atoms with Crippen molar-refractivity contribution < 1.29 is 9.18 Å². The topological polar surface area (TPSA) is 68.8 Å². The van der Waals surface area contributed by atoms with Crippen LogP contribution >= 0.6 is 35.7 Å². The number of guanidine groups is 1. The summed E-state index contributed by atoms with van der Waals surface area (Å²) in [5.74, 6) is 1.58. The highest BCUT2D eigenvalue weighted by atomic mass is 127. The highest BCUT2D eigenvalue weighted by Gasteiger charge is 2.16. The van der Waals surface area contributed by atoms with Gasteiger partial charge < -0.3 is 20.9 Å². The molecule has 1 saturated heterocycles. The maximum atomic E-state index is 12.9. The summed E-state index contributed by atoms with van der Waals surface area (Å²) in [7, 11) is 1.76. The first-order valence-corrected chi connectivity index (χ1v) is 11.1. The minimum atomic E-state index is -0.204. The molecule has 0 spiro atoms. The summed E-state index contributed by atoms with van der Waals surface area (Å²) in [6.45, 7) is 3.41. The third-order valence-corrected chi connectivity index (χ3v) is 5.82. The Morgan fingerprint density at radius 3 is 2.58 bits per heavy atom. The highest BCUT2D eigenvalue weighted by molar-refractivity contribution is 14.0. The van der Waals surface area contributed by atoms with E-state index >= 15 is 0 Å². The van der Waals surface area contributed by atoms with Gasteiger partial charge >= 0.3 is 0 Å². The molecule has 1 amide bonds. The number of hydrogen-bond acceptors (Lipinski definition) is 4. The number of piperazine rings is 1. The van der Waals surface area contributed by atoms with E-state index in [-0.39, 0.29) is 35.7 Å². The fraction of sp³-hybridized carbons (Fsp3) is 0.364. The minimum Gasteiger partial charge on any atom is -0.360 e. The second-order valence-electron chi connectivity index (χ2n) is 6.95. The molecular formula is C22H29FIN5OS. The molecule has 0 aromatic heterocycles. The van der Waals surface area contributed by atoms with Gasteiger partial charge in [-0.25, -0.2) is 4.39 Å². The molecule has 31 heavy (non-hydrogen) atoms. The first-order chi connectivity index (χ1) is 14.6. The molecule has 0 bridgehead atoms. The lowest BCUT2D eigenvalue weighted by Gasteiger charge is -2.28. The molecule has 9 heteroatoms. The van der Waals surface area contributed by atoms with Crippen LogP contribution in [-0.2, 0) is 11.3 Å². The van der Waals surface area contributed by atoms with Crippen LogP contribution in [0.5, 0.6) is 0 Å². The summed E-state index contributed by atoms with van der Waals surface area (Å²) in [6.07, 6.45) is 0.973. The van der Waals surface area contributed by atoms with E-state index in [0.29, 0.717) is 19.6 Å². The predicted octanol–water partition coefficient (Wildman–Crippen LogP) is 3.23. The molecule has 1 aliphatic rings. The van der Waals surface area contributed by atoms with Crippen LogP contribution < -0.4 is 20.9 Å². The van der Waals surface area contributed by atoms with E-state index in [1.54, 1.807) is 30.9 Å². The number of rotatable bonds is 8. The maximum absolute atomic E-state index is 12.9. The SMILES string of the molecule is CN=C(NCCCSc1ccc(F)cc1)NCc1ccc(N2CCNC(=O)C2)cc1.I. The minimum absolute atomic E-state index is 0. The van der Waals surface area contributed by atoms with Gasteiger partial charge in [-0.2, -0.15) is 0 Å². The fourth-order valence-electron chi connectivity index (χ4n) is 3.09. The van der Waals surface area contributed by atoms with Gasteiger partial charge in [0.25, 0.3) is 0 Å². The predicted molar refractivity (Wildman–Crippen MR) is 137 cm³/mol. The van der Waals surface area contributed by atoms with Crippen LogP contribution in [0.4, 0.5) is 10.1 Å². The van der Waals surface area contributed by atoms with Gasteiger partial charge in [0.15, 0.2) is 5.96 Å². The van der Waals surface area contributed by atoms with E-state index in [4.69, 9.17) is 0 Å². The van der Waals surface area contributed by atoms with Gasteiger partial charge in [-0.05, 0) is 54.1 Å². The Morgan fingerprint density at radius 2 is 1.90 bits per heavy atom. The van der Waals surface area contributed by atoms with E-state index in [1.165, 1.54) is 12.1 Å². The second kappa shape index (κ2) is 13.4. The number of carbonyl (C=O) groups excluding carboxylic acids is 1. The van der Waals surface area contributed by atoms with Gasteiger partial charge in [0.2, 0.25) is 5.91 Å². The lowest BCUT2D eigenvalue weighted by Crippen LogP contribution is -2.47. The molecule has 0 saturated carbocycles. The number of amides is 1. The quantitative estimate of drug-likeness (QED) is 0.153. The number of nitrogens with one attached hydrogen (secondary N) is 3. The van der Waals surface area contributed by atoms with Crippen molar-refractivity contribution >= 4 is 53.3 Å². The standard InChI is InChI=1S/C22H28FN5OS.HI/c1-24-22(26-11-2-14-30-20-9-5-18(23)6-10-20)27-15-17-3-7-19(8-4-17)28-13-12-25-21(29)16-28;/h3-10H,2,11-16H2,1H3,(H,25,29)(H2,24,26,27);1H. The van der Waals surface area contributed by atoms with Crippen LogP contribution in [-0.4, -0.2) is 50.8 Å². The summed E-state index contributed by atoms with van der Waals surface area (Å²) in [5.41, 5.74) is 2.21. The van der Waals surface area contributed by atoms with Crippen LogP contribution in [0, 0.1) is 5.82 Å². The molecule has 168 valence electrons. The molecule has 0 unspecified atom stereocenters. The molecule has 2 aromatic rings. The first kappa shape index (κ1) is 25.3. The van der Waals surface area contributed by atoms with Gasteiger partial charge in [-0.1, -0.05) is 12.1 Å². The van der Waals surface area contributed by atoms with Crippen molar-refractivity contribution in [3.8, 4) is 0 Å². The molecule has 0 atom stereocenters. The van der Waals surface area contributed by atoms with Crippen LogP contribution in [0.1, 0.15) is 12.0 Å². The van der Waals surface area contributed by atoms with Gasteiger partial charge in [-0.3, -0.25) is 9.79 Å². The molecule has 3 rings (SSSR count). The Bertz CT molecular complexity index is 848. The van der Waals surface area contributed by atoms with E-state index in [1.807, 2.05) is 0 Å². The molecular weight excluding hydrogens is 528 g/mol. The normalized spacial score (nSPS) is 13.9. The number of carbonyl (C=O) groups is 1. The average molecular weight is 557 g/mol. The monoisotopic (exact) mass is 557 g/mol. The Hall–Kier alpha value is -2.01. The summed E-state index contributed by atoms with van der Waals surface area (Å²) in [4.78, 5) is 19.0. The van der Waals surface area contributed by atoms with Crippen molar-refractivity contribution in [2.45, 2.75) is 17.9 Å².